The topological polar surface area (TPSA) is 104 Å². The van der Waals surface area contributed by atoms with E-state index >= 15 is 0 Å². The first kappa shape index (κ1) is 19.9. The highest BCUT2D eigenvalue weighted by molar-refractivity contribution is 7.92. The van der Waals surface area contributed by atoms with Gasteiger partial charge < -0.3 is 10.6 Å². The molecule has 148 valence electrons. The number of benzene rings is 2. The molecule has 28 heavy (non-hydrogen) atoms. The monoisotopic (exact) mass is 401 g/mol. The minimum absolute atomic E-state index is 0.0161. The molecule has 0 heterocycles. The second-order valence-electron chi connectivity index (χ2n) is 7.62. The third kappa shape index (κ3) is 4.69. The van der Waals surface area contributed by atoms with Crippen molar-refractivity contribution in [1.29, 1.82) is 0 Å². The van der Waals surface area contributed by atoms with Crippen molar-refractivity contribution in [3.05, 3.63) is 48.5 Å². The number of carbonyl (C=O) groups is 2. The molecule has 1 unspecified atom stereocenters. The normalized spacial score (nSPS) is 17.5. The van der Waals surface area contributed by atoms with E-state index in [0.717, 1.165) is 6.42 Å². The minimum Gasteiger partial charge on any atom is -0.326 e. The van der Waals surface area contributed by atoms with E-state index in [-0.39, 0.29) is 28.0 Å². The molecule has 2 aromatic rings. The van der Waals surface area contributed by atoms with E-state index in [9.17, 15) is 18.0 Å². The average molecular weight is 401 g/mol. The first-order valence-electron chi connectivity index (χ1n) is 8.88. The highest BCUT2D eigenvalue weighted by Gasteiger charge is 2.50. The van der Waals surface area contributed by atoms with E-state index in [1.807, 2.05) is 0 Å². The van der Waals surface area contributed by atoms with Crippen LogP contribution in [0.3, 0.4) is 0 Å². The van der Waals surface area contributed by atoms with Gasteiger partial charge in [0.15, 0.2) is 0 Å². The number of anilines is 3. The number of carbonyl (C=O) groups excluding carboxylic acids is 2. The summed E-state index contributed by atoms with van der Waals surface area (Å²) in [6.07, 6.45) is 0.872. The summed E-state index contributed by atoms with van der Waals surface area (Å²) in [5.74, 6) is -0.227. The Morgan fingerprint density at radius 2 is 1.36 bits per heavy atom. The predicted octanol–water partition coefficient (Wildman–Crippen LogP) is 3.43. The molecule has 1 fully saturated rings. The maximum absolute atomic E-state index is 12.5. The summed E-state index contributed by atoms with van der Waals surface area (Å²) in [5.41, 5.74) is 1.58. The molecule has 0 aromatic heterocycles. The van der Waals surface area contributed by atoms with Crippen molar-refractivity contribution >= 4 is 38.9 Å². The number of hydrogen-bond acceptors (Lipinski definition) is 4. The molecule has 1 atom stereocenters. The molecule has 0 bridgehead atoms. The van der Waals surface area contributed by atoms with Gasteiger partial charge in [0.1, 0.15) is 0 Å². The highest BCUT2D eigenvalue weighted by atomic mass is 32.2. The van der Waals surface area contributed by atoms with E-state index in [4.69, 9.17) is 0 Å². The van der Waals surface area contributed by atoms with Gasteiger partial charge >= 0.3 is 0 Å². The molecule has 3 rings (SSSR count). The first-order valence-corrected chi connectivity index (χ1v) is 10.4. The Hall–Kier alpha value is -2.87. The van der Waals surface area contributed by atoms with E-state index in [0.29, 0.717) is 17.1 Å². The van der Waals surface area contributed by atoms with Crippen molar-refractivity contribution in [2.45, 2.75) is 32.1 Å². The zero-order chi connectivity index (χ0) is 20.5. The van der Waals surface area contributed by atoms with Gasteiger partial charge in [0.05, 0.1) is 4.90 Å². The van der Waals surface area contributed by atoms with E-state index in [1.54, 1.807) is 24.3 Å². The van der Waals surface area contributed by atoms with Crippen LogP contribution in [0.1, 0.15) is 27.2 Å². The van der Waals surface area contributed by atoms with Crippen LogP contribution in [0.4, 0.5) is 17.1 Å². The quantitative estimate of drug-likeness (QED) is 0.690. The average Bonchev–Trinajstić information content (AvgIpc) is 3.25. The number of amides is 2. The number of sulfonamides is 1. The Kier molecular flexibility index (Phi) is 5.16. The van der Waals surface area contributed by atoms with Gasteiger partial charge in [-0.3, -0.25) is 14.3 Å². The van der Waals surface area contributed by atoms with Crippen molar-refractivity contribution in [3.63, 3.8) is 0 Å². The van der Waals surface area contributed by atoms with Crippen LogP contribution in [0.2, 0.25) is 0 Å². The SMILES string of the molecule is CC(=O)Nc1ccc(S(=O)(=O)Nc2ccc(NC(=O)C3CC3(C)C)cc2)cc1. The number of hydrogen-bond donors (Lipinski definition) is 3. The molecule has 1 aliphatic rings. The Morgan fingerprint density at radius 3 is 1.86 bits per heavy atom. The molecular formula is C20H23N3O4S. The summed E-state index contributed by atoms with van der Waals surface area (Å²) in [6.45, 7) is 5.49. The molecule has 0 spiro atoms. The molecule has 3 N–H and O–H groups in total. The first-order chi connectivity index (χ1) is 13.1. The maximum atomic E-state index is 12.5. The van der Waals surface area contributed by atoms with Crippen LogP contribution in [-0.4, -0.2) is 20.2 Å². The fraction of sp³-hybridized carbons (Fsp3) is 0.300. The lowest BCUT2D eigenvalue weighted by atomic mass is 10.1. The fourth-order valence-electron chi connectivity index (χ4n) is 2.90. The molecule has 7 nitrogen and oxygen atoms in total. The van der Waals surface area contributed by atoms with Gasteiger partial charge in [-0.15, -0.1) is 0 Å². The second-order valence-corrected chi connectivity index (χ2v) is 9.31. The minimum atomic E-state index is -3.76. The van der Waals surface area contributed by atoms with E-state index < -0.39 is 10.0 Å². The van der Waals surface area contributed by atoms with Gasteiger partial charge in [-0.25, -0.2) is 8.42 Å². The van der Waals surface area contributed by atoms with Crippen molar-refractivity contribution in [3.8, 4) is 0 Å². The van der Waals surface area contributed by atoms with Crippen molar-refractivity contribution in [1.82, 2.24) is 0 Å². The van der Waals surface area contributed by atoms with E-state index in [1.165, 1.54) is 31.2 Å². The second kappa shape index (κ2) is 7.27. The largest absolute Gasteiger partial charge is 0.326 e. The van der Waals surface area contributed by atoms with Crippen molar-refractivity contribution in [2.24, 2.45) is 11.3 Å². The van der Waals surface area contributed by atoms with Gasteiger partial charge in [-0.2, -0.15) is 0 Å². The summed E-state index contributed by atoms with van der Waals surface area (Å²) < 4.78 is 27.5. The molecule has 0 saturated heterocycles. The summed E-state index contributed by atoms with van der Waals surface area (Å²) in [4.78, 5) is 23.2. The van der Waals surface area contributed by atoms with Gasteiger partial charge in [0.25, 0.3) is 10.0 Å². The van der Waals surface area contributed by atoms with Crippen LogP contribution < -0.4 is 15.4 Å². The lowest BCUT2D eigenvalue weighted by Gasteiger charge is -2.11. The van der Waals surface area contributed by atoms with Crippen LogP contribution in [0.25, 0.3) is 0 Å². The molecule has 2 amide bonds. The summed E-state index contributed by atoms with van der Waals surface area (Å²) >= 11 is 0. The number of rotatable bonds is 6. The summed E-state index contributed by atoms with van der Waals surface area (Å²) in [5, 5.41) is 5.44. The van der Waals surface area contributed by atoms with E-state index in [2.05, 4.69) is 29.2 Å². The Balaban J connectivity index is 1.64. The van der Waals surface area contributed by atoms with Crippen LogP contribution in [0.5, 0.6) is 0 Å². The maximum Gasteiger partial charge on any atom is 0.261 e. The van der Waals surface area contributed by atoms with Crippen LogP contribution >= 0.6 is 0 Å². The predicted molar refractivity (Wildman–Crippen MR) is 109 cm³/mol. The summed E-state index contributed by atoms with van der Waals surface area (Å²) in [7, 11) is -3.76. The molecule has 8 heteroatoms. The molecule has 1 saturated carbocycles. The van der Waals surface area contributed by atoms with Gasteiger partial charge in [0, 0.05) is 29.9 Å². The lowest BCUT2D eigenvalue weighted by molar-refractivity contribution is -0.118. The third-order valence-electron chi connectivity index (χ3n) is 4.72. The van der Waals surface area contributed by atoms with Crippen LogP contribution in [0.15, 0.2) is 53.4 Å². The molecule has 1 aliphatic carbocycles. The van der Waals surface area contributed by atoms with Crippen molar-refractivity contribution < 1.29 is 18.0 Å². The lowest BCUT2D eigenvalue weighted by Crippen LogP contribution is -2.16. The van der Waals surface area contributed by atoms with Crippen molar-refractivity contribution in [2.75, 3.05) is 15.4 Å². The molecule has 2 aromatic carbocycles. The van der Waals surface area contributed by atoms with Gasteiger partial charge in [-0.1, -0.05) is 13.8 Å². The standard InChI is InChI=1S/C20H23N3O4S/c1-13(24)21-14-8-10-17(11-9-14)28(26,27)23-16-6-4-15(5-7-16)22-19(25)18-12-20(18,2)3/h4-11,18,23H,12H2,1-3H3,(H,21,24)(H,22,25). The van der Waals surface area contributed by atoms with Crippen LogP contribution in [0, 0.1) is 11.3 Å². The van der Waals surface area contributed by atoms with Gasteiger partial charge in [-0.05, 0) is 60.4 Å². The smallest absolute Gasteiger partial charge is 0.261 e. The fourth-order valence-corrected chi connectivity index (χ4v) is 3.96. The molecule has 0 radical (unpaired) electrons. The summed E-state index contributed by atoms with van der Waals surface area (Å²) in [6, 6.07) is 12.4. The molecular weight excluding hydrogens is 378 g/mol. The van der Waals surface area contributed by atoms with Crippen LogP contribution in [-0.2, 0) is 19.6 Å². The Bertz CT molecular complexity index is 997. The molecule has 0 aliphatic heterocycles. The Morgan fingerprint density at radius 1 is 0.893 bits per heavy atom. The zero-order valence-corrected chi connectivity index (χ0v) is 16.8. The Labute approximate surface area is 164 Å². The number of nitrogens with one attached hydrogen (secondary N) is 3. The zero-order valence-electron chi connectivity index (χ0n) is 15.9. The third-order valence-corrected chi connectivity index (χ3v) is 6.12. The van der Waals surface area contributed by atoms with Gasteiger partial charge in [0.2, 0.25) is 11.8 Å². The highest BCUT2D eigenvalue weighted by Crippen LogP contribution is 2.52.